The monoisotopic (exact) mass is 314 g/mol. The van der Waals surface area contributed by atoms with Crippen LogP contribution in [0.15, 0.2) is 18.2 Å². The number of anilines is 1. The van der Waals surface area contributed by atoms with E-state index < -0.39 is 18.1 Å². The molecular formula is C15H17F3N2O2. The fourth-order valence-corrected chi connectivity index (χ4v) is 3.08. The number of amides is 1. The van der Waals surface area contributed by atoms with E-state index in [4.69, 9.17) is 4.74 Å². The number of halogens is 3. The number of hydrogen-bond donors (Lipinski definition) is 1. The van der Waals surface area contributed by atoms with Crippen molar-refractivity contribution in [3.63, 3.8) is 0 Å². The Morgan fingerprint density at radius 2 is 2.18 bits per heavy atom. The van der Waals surface area contributed by atoms with Crippen LogP contribution in [0.5, 0.6) is 5.75 Å². The van der Waals surface area contributed by atoms with Crippen molar-refractivity contribution in [3.05, 3.63) is 23.8 Å². The van der Waals surface area contributed by atoms with Gasteiger partial charge >= 0.3 is 12.1 Å². The molecule has 2 aliphatic rings. The van der Waals surface area contributed by atoms with Crippen molar-refractivity contribution >= 4 is 11.6 Å². The minimum Gasteiger partial charge on any atom is -0.490 e. The number of nitrogens with one attached hydrogen (secondary N) is 1. The highest BCUT2D eigenvalue weighted by Crippen LogP contribution is 2.37. The van der Waals surface area contributed by atoms with Gasteiger partial charge in [-0.25, -0.2) is 0 Å². The predicted octanol–water partition coefficient (Wildman–Crippen LogP) is 2.27. The molecule has 0 bridgehead atoms. The second kappa shape index (κ2) is 5.37. The van der Waals surface area contributed by atoms with Gasteiger partial charge in [0.1, 0.15) is 11.9 Å². The first-order valence-corrected chi connectivity index (χ1v) is 7.26. The molecule has 0 spiro atoms. The molecule has 0 aliphatic carbocycles. The van der Waals surface area contributed by atoms with Crippen LogP contribution in [0.1, 0.15) is 18.9 Å². The predicted molar refractivity (Wildman–Crippen MR) is 75.1 cm³/mol. The normalized spacial score (nSPS) is 24.1. The van der Waals surface area contributed by atoms with Crippen molar-refractivity contribution in [2.24, 2.45) is 0 Å². The fraction of sp³-hybridized carbons (Fsp3) is 0.533. The summed E-state index contributed by atoms with van der Waals surface area (Å²) >= 11 is 0. The average molecular weight is 314 g/mol. The molecule has 0 aromatic heterocycles. The zero-order chi connectivity index (χ0) is 15.9. The van der Waals surface area contributed by atoms with E-state index in [0.717, 1.165) is 23.4 Å². The standard InChI is InChI=1S/C15H17F3N2O2/c1-9-7-11-12(3-2-4-13(11)22-9)20-6-5-10(8-20)19-14(21)15(16,17)18/h2-4,9-10H,5-8H2,1H3,(H,19,21)/t9?,10-/m0/s1. The number of hydrogen-bond acceptors (Lipinski definition) is 3. The fourth-order valence-electron chi connectivity index (χ4n) is 3.08. The zero-order valence-corrected chi connectivity index (χ0v) is 12.1. The number of rotatable bonds is 2. The maximum atomic E-state index is 12.3. The summed E-state index contributed by atoms with van der Waals surface area (Å²) in [7, 11) is 0. The molecule has 120 valence electrons. The third-order valence-corrected chi connectivity index (χ3v) is 4.05. The van der Waals surface area contributed by atoms with Gasteiger partial charge in [-0.2, -0.15) is 13.2 Å². The first-order valence-electron chi connectivity index (χ1n) is 7.26. The molecule has 1 unspecified atom stereocenters. The lowest BCUT2D eigenvalue weighted by Gasteiger charge is -2.21. The summed E-state index contributed by atoms with van der Waals surface area (Å²) in [5.74, 6) is -1.03. The van der Waals surface area contributed by atoms with Crippen molar-refractivity contribution in [3.8, 4) is 5.75 Å². The summed E-state index contributed by atoms with van der Waals surface area (Å²) in [6, 6.07) is 5.26. The van der Waals surface area contributed by atoms with Gasteiger partial charge in [0.15, 0.2) is 0 Å². The van der Waals surface area contributed by atoms with Crippen LogP contribution in [0.3, 0.4) is 0 Å². The van der Waals surface area contributed by atoms with Crippen LogP contribution in [-0.2, 0) is 11.2 Å². The second-order valence-corrected chi connectivity index (χ2v) is 5.79. The van der Waals surface area contributed by atoms with Gasteiger partial charge in [-0.1, -0.05) is 6.07 Å². The van der Waals surface area contributed by atoms with E-state index in [2.05, 4.69) is 5.32 Å². The Morgan fingerprint density at radius 3 is 2.91 bits per heavy atom. The minimum atomic E-state index is -4.83. The molecule has 7 heteroatoms. The number of carbonyl (C=O) groups excluding carboxylic acids is 1. The Kier molecular flexibility index (Phi) is 3.66. The molecule has 2 aliphatic heterocycles. The molecular weight excluding hydrogens is 297 g/mol. The van der Waals surface area contributed by atoms with Crippen molar-refractivity contribution < 1.29 is 22.7 Å². The van der Waals surface area contributed by atoms with Gasteiger partial charge in [0, 0.05) is 36.8 Å². The molecule has 1 saturated heterocycles. The zero-order valence-electron chi connectivity index (χ0n) is 12.1. The van der Waals surface area contributed by atoms with Crippen molar-refractivity contribution in [1.82, 2.24) is 5.32 Å². The molecule has 2 atom stereocenters. The first kappa shape index (κ1) is 15.0. The van der Waals surface area contributed by atoms with Gasteiger partial charge in [-0.05, 0) is 25.5 Å². The van der Waals surface area contributed by atoms with Gasteiger partial charge in [-0.15, -0.1) is 0 Å². The summed E-state index contributed by atoms with van der Waals surface area (Å²) in [5, 5.41) is 2.06. The van der Waals surface area contributed by atoms with E-state index >= 15 is 0 Å². The number of carbonyl (C=O) groups is 1. The lowest BCUT2D eigenvalue weighted by atomic mass is 10.1. The van der Waals surface area contributed by atoms with Gasteiger partial charge in [0.05, 0.1) is 0 Å². The maximum Gasteiger partial charge on any atom is 0.471 e. The summed E-state index contributed by atoms with van der Waals surface area (Å²) in [4.78, 5) is 13.0. The van der Waals surface area contributed by atoms with E-state index in [9.17, 15) is 18.0 Å². The van der Waals surface area contributed by atoms with E-state index in [-0.39, 0.29) is 6.10 Å². The Morgan fingerprint density at radius 1 is 1.41 bits per heavy atom. The number of ether oxygens (including phenoxy) is 1. The van der Waals surface area contributed by atoms with Crippen LogP contribution < -0.4 is 15.0 Å². The van der Waals surface area contributed by atoms with Gasteiger partial charge in [0.25, 0.3) is 0 Å². The van der Waals surface area contributed by atoms with E-state index in [0.29, 0.717) is 19.5 Å². The number of nitrogens with zero attached hydrogens (tertiary/aromatic N) is 1. The third kappa shape index (κ3) is 2.84. The highest BCUT2D eigenvalue weighted by molar-refractivity contribution is 5.82. The van der Waals surface area contributed by atoms with E-state index in [1.807, 2.05) is 30.0 Å². The summed E-state index contributed by atoms with van der Waals surface area (Å²) in [5.41, 5.74) is 2.09. The molecule has 22 heavy (non-hydrogen) atoms. The molecule has 1 amide bonds. The Labute approximate surface area is 126 Å². The Balaban J connectivity index is 1.69. The Hall–Kier alpha value is -1.92. The maximum absolute atomic E-state index is 12.3. The van der Waals surface area contributed by atoms with Crippen LogP contribution in [0.4, 0.5) is 18.9 Å². The first-order chi connectivity index (χ1) is 10.3. The molecule has 1 aromatic carbocycles. The molecule has 1 aromatic rings. The minimum absolute atomic E-state index is 0.111. The average Bonchev–Trinajstić information content (AvgIpc) is 3.02. The molecule has 4 nitrogen and oxygen atoms in total. The van der Waals surface area contributed by atoms with Gasteiger partial charge in [0.2, 0.25) is 0 Å². The van der Waals surface area contributed by atoms with Crippen LogP contribution in [0.25, 0.3) is 0 Å². The van der Waals surface area contributed by atoms with Crippen molar-refractivity contribution in [1.29, 1.82) is 0 Å². The molecule has 0 saturated carbocycles. The highest BCUT2D eigenvalue weighted by Gasteiger charge is 2.41. The molecule has 1 N–H and O–H groups in total. The van der Waals surface area contributed by atoms with Gasteiger partial charge in [-0.3, -0.25) is 4.79 Å². The van der Waals surface area contributed by atoms with Crippen LogP contribution >= 0.6 is 0 Å². The molecule has 0 radical (unpaired) electrons. The summed E-state index contributed by atoms with van der Waals surface area (Å²) in [6.45, 7) is 2.99. The van der Waals surface area contributed by atoms with Gasteiger partial charge < -0.3 is 15.0 Å². The van der Waals surface area contributed by atoms with Crippen LogP contribution in [0.2, 0.25) is 0 Å². The Bertz CT molecular complexity index is 589. The van der Waals surface area contributed by atoms with Crippen molar-refractivity contribution in [2.45, 2.75) is 38.1 Å². The molecule has 2 heterocycles. The lowest BCUT2D eigenvalue weighted by Crippen LogP contribution is -2.44. The van der Waals surface area contributed by atoms with Crippen LogP contribution in [0, 0.1) is 0 Å². The topological polar surface area (TPSA) is 41.6 Å². The number of fused-ring (bicyclic) bond motifs is 1. The number of alkyl halides is 3. The van der Waals surface area contributed by atoms with E-state index in [1.54, 1.807) is 0 Å². The molecule has 1 fully saturated rings. The van der Waals surface area contributed by atoms with Crippen molar-refractivity contribution in [2.75, 3.05) is 18.0 Å². The largest absolute Gasteiger partial charge is 0.490 e. The lowest BCUT2D eigenvalue weighted by molar-refractivity contribution is -0.174. The van der Waals surface area contributed by atoms with Crippen LogP contribution in [-0.4, -0.2) is 37.3 Å². The SMILES string of the molecule is CC1Cc2c(cccc2N2CC[C@H](NC(=O)C(F)(F)F)C2)O1. The van der Waals surface area contributed by atoms with E-state index in [1.165, 1.54) is 0 Å². The number of benzene rings is 1. The molecule has 3 rings (SSSR count). The summed E-state index contributed by atoms with van der Waals surface area (Å²) < 4.78 is 42.6. The highest BCUT2D eigenvalue weighted by atomic mass is 19.4. The quantitative estimate of drug-likeness (QED) is 0.910. The second-order valence-electron chi connectivity index (χ2n) is 5.79. The summed E-state index contributed by atoms with van der Waals surface area (Å²) in [6.07, 6.45) is -3.42. The third-order valence-electron chi connectivity index (χ3n) is 4.05. The smallest absolute Gasteiger partial charge is 0.471 e.